The van der Waals surface area contributed by atoms with E-state index >= 15 is 0 Å². The fourth-order valence-corrected chi connectivity index (χ4v) is 5.44. The van der Waals surface area contributed by atoms with Gasteiger partial charge in [0, 0.05) is 0 Å². The third-order valence-corrected chi connectivity index (χ3v) is 6.32. The SMILES string of the molecule is CC1(S)C=CC2=C(CC3C/C(=C(/C#N)n4cncn4)CC23)S1. The number of hydrogen-bond donors (Lipinski definition) is 1. The zero-order valence-electron chi connectivity index (χ0n) is 12.2. The zero-order chi connectivity index (χ0) is 15.3. The van der Waals surface area contributed by atoms with Gasteiger partial charge >= 0.3 is 0 Å². The summed E-state index contributed by atoms with van der Waals surface area (Å²) in [7, 11) is 0. The summed E-state index contributed by atoms with van der Waals surface area (Å²) in [6, 6.07) is 2.31. The molecule has 0 bridgehead atoms. The van der Waals surface area contributed by atoms with Crippen LogP contribution in [-0.2, 0) is 0 Å². The average Bonchev–Trinajstić information content (AvgIpc) is 3.14. The second-order valence-electron chi connectivity index (χ2n) is 6.25. The molecular formula is C16H16N4S2. The summed E-state index contributed by atoms with van der Waals surface area (Å²) in [5.41, 5.74) is 3.33. The molecule has 0 spiro atoms. The van der Waals surface area contributed by atoms with Crippen LogP contribution < -0.4 is 0 Å². The Kier molecular flexibility index (Phi) is 3.24. The first-order valence-corrected chi connectivity index (χ1v) is 8.64. The van der Waals surface area contributed by atoms with Gasteiger partial charge in [-0.15, -0.1) is 11.8 Å². The van der Waals surface area contributed by atoms with Gasteiger partial charge in [0.2, 0.25) is 0 Å². The number of nitrogens with zero attached hydrogens (tertiary/aromatic N) is 4. The molecule has 0 amide bonds. The molecule has 0 saturated heterocycles. The number of thioether (sulfide) groups is 1. The lowest BCUT2D eigenvalue weighted by molar-refractivity contribution is 0.486. The zero-order valence-corrected chi connectivity index (χ0v) is 13.9. The Hall–Kier alpha value is -1.45. The van der Waals surface area contributed by atoms with Crippen LogP contribution in [0, 0.1) is 23.2 Å². The largest absolute Gasteiger partial charge is 0.223 e. The van der Waals surface area contributed by atoms with Gasteiger partial charge in [0.15, 0.2) is 0 Å². The fourth-order valence-electron chi connectivity index (χ4n) is 3.77. The molecule has 0 aromatic carbocycles. The van der Waals surface area contributed by atoms with E-state index in [0.717, 1.165) is 19.3 Å². The molecule has 112 valence electrons. The molecule has 2 heterocycles. The van der Waals surface area contributed by atoms with E-state index < -0.39 is 0 Å². The van der Waals surface area contributed by atoms with Crippen LogP contribution in [0.25, 0.3) is 5.70 Å². The lowest BCUT2D eigenvalue weighted by Crippen LogP contribution is -2.11. The summed E-state index contributed by atoms with van der Waals surface area (Å²) in [6.07, 6.45) is 10.6. The molecule has 1 fully saturated rings. The van der Waals surface area contributed by atoms with Crippen molar-refractivity contribution in [2.24, 2.45) is 11.8 Å². The Morgan fingerprint density at radius 1 is 1.50 bits per heavy atom. The molecule has 6 heteroatoms. The van der Waals surface area contributed by atoms with Crippen molar-refractivity contribution < 1.29 is 0 Å². The summed E-state index contributed by atoms with van der Waals surface area (Å²) >= 11 is 6.56. The molecule has 22 heavy (non-hydrogen) atoms. The smallest absolute Gasteiger partial charge is 0.143 e. The van der Waals surface area contributed by atoms with Crippen LogP contribution >= 0.6 is 24.4 Å². The molecule has 1 saturated carbocycles. The first-order chi connectivity index (χ1) is 10.6. The van der Waals surface area contributed by atoms with Gasteiger partial charge in [0.1, 0.15) is 24.4 Å². The average molecular weight is 328 g/mol. The minimum Gasteiger partial charge on any atom is -0.223 e. The maximum atomic E-state index is 9.49. The first kappa shape index (κ1) is 14.2. The van der Waals surface area contributed by atoms with Crippen LogP contribution in [0.3, 0.4) is 0 Å². The highest BCUT2D eigenvalue weighted by molar-refractivity contribution is 8.14. The highest BCUT2D eigenvalue weighted by Crippen LogP contribution is 2.57. The van der Waals surface area contributed by atoms with Gasteiger partial charge < -0.3 is 0 Å². The molecule has 4 nitrogen and oxygen atoms in total. The molecule has 4 rings (SSSR count). The second-order valence-corrected chi connectivity index (χ2v) is 9.03. The molecule has 3 unspecified atom stereocenters. The van der Waals surface area contributed by atoms with Crippen molar-refractivity contribution >= 4 is 30.1 Å². The summed E-state index contributed by atoms with van der Waals surface area (Å²) in [6.45, 7) is 2.14. The van der Waals surface area contributed by atoms with Gasteiger partial charge in [0.25, 0.3) is 0 Å². The van der Waals surface area contributed by atoms with Gasteiger partial charge in [-0.1, -0.05) is 12.2 Å². The number of aromatic nitrogens is 3. The van der Waals surface area contributed by atoms with Gasteiger partial charge in [-0.3, -0.25) is 0 Å². The first-order valence-electron chi connectivity index (χ1n) is 7.38. The van der Waals surface area contributed by atoms with Crippen molar-refractivity contribution in [2.75, 3.05) is 0 Å². The lowest BCUT2D eigenvalue weighted by Gasteiger charge is -2.25. The summed E-state index contributed by atoms with van der Waals surface area (Å²) < 4.78 is 1.51. The van der Waals surface area contributed by atoms with Crippen LogP contribution in [0.4, 0.5) is 0 Å². The normalized spacial score (nSPS) is 35.3. The van der Waals surface area contributed by atoms with Crippen molar-refractivity contribution in [1.29, 1.82) is 5.26 Å². The summed E-state index contributed by atoms with van der Waals surface area (Å²) in [4.78, 5) is 5.44. The van der Waals surface area contributed by atoms with Gasteiger partial charge in [-0.2, -0.15) is 23.0 Å². The molecule has 0 radical (unpaired) electrons. The number of thiol groups is 1. The van der Waals surface area contributed by atoms with Crippen LogP contribution in [0.5, 0.6) is 0 Å². The van der Waals surface area contributed by atoms with E-state index in [2.05, 4.69) is 47.9 Å². The third-order valence-electron chi connectivity index (χ3n) is 4.70. The Morgan fingerprint density at radius 2 is 2.36 bits per heavy atom. The van der Waals surface area contributed by atoms with Crippen LogP contribution in [0.15, 0.2) is 40.9 Å². The summed E-state index contributed by atoms with van der Waals surface area (Å²) in [5.74, 6) is 1.16. The maximum absolute atomic E-state index is 9.49. The number of fused-ring (bicyclic) bond motifs is 2. The van der Waals surface area contributed by atoms with E-state index in [1.165, 1.54) is 22.4 Å². The lowest BCUT2D eigenvalue weighted by atomic mass is 9.94. The topological polar surface area (TPSA) is 54.5 Å². The van der Waals surface area contributed by atoms with Crippen molar-refractivity contribution in [3.63, 3.8) is 0 Å². The molecule has 1 aromatic heterocycles. The predicted molar refractivity (Wildman–Crippen MR) is 90.8 cm³/mol. The number of hydrogen-bond acceptors (Lipinski definition) is 5. The number of nitriles is 1. The van der Waals surface area contributed by atoms with Crippen molar-refractivity contribution in [1.82, 2.24) is 14.8 Å². The minimum absolute atomic E-state index is 0.0886. The maximum Gasteiger partial charge on any atom is 0.143 e. The van der Waals surface area contributed by atoms with Crippen molar-refractivity contribution in [3.05, 3.63) is 40.9 Å². The molecular weight excluding hydrogens is 312 g/mol. The fraction of sp³-hybridized carbons (Fsp3) is 0.438. The van der Waals surface area contributed by atoms with Crippen molar-refractivity contribution in [2.45, 2.75) is 30.3 Å². The quantitative estimate of drug-likeness (QED) is 0.631. The minimum atomic E-state index is -0.0886. The van der Waals surface area contributed by atoms with E-state index in [4.69, 9.17) is 0 Å². The van der Waals surface area contributed by atoms with Crippen LogP contribution in [-0.4, -0.2) is 18.8 Å². The van der Waals surface area contributed by atoms with E-state index in [-0.39, 0.29) is 4.08 Å². The van der Waals surface area contributed by atoms with Crippen LogP contribution in [0.1, 0.15) is 26.2 Å². The third kappa shape index (κ3) is 2.24. The van der Waals surface area contributed by atoms with E-state index in [0.29, 0.717) is 17.5 Å². The van der Waals surface area contributed by atoms with E-state index in [1.807, 2.05) is 11.8 Å². The van der Waals surface area contributed by atoms with Gasteiger partial charge in [-0.25, -0.2) is 9.67 Å². The molecule has 1 aliphatic heterocycles. The Labute approximate surface area is 139 Å². The highest BCUT2D eigenvalue weighted by atomic mass is 32.2. The molecule has 3 aliphatic rings. The Bertz CT molecular complexity index is 750. The van der Waals surface area contributed by atoms with E-state index in [1.54, 1.807) is 11.0 Å². The molecule has 0 N–H and O–H groups in total. The monoisotopic (exact) mass is 328 g/mol. The number of rotatable bonds is 1. The Morgan fingerprint density at radius 3 is 3.09 bits per heavy atom. The molecule has 2 aliphatic carbocycles. The second kappa shape index (κ2) is 5.04. The molecule has 3 atom stereocenters. The Balaban J connectivity index is 1.65. The number of allylic oxidation sites excluding steroid dienone is 5. The highest BCUT2D eigenvalue weighted by Gasteiger charge is 2.43. The molecule has 1 aromatic rings. The standard InChI is InChI=1S/C16H16N4S2/c1-16(21)3-2-12-13-5-11(4-10(13)6-15(12)22-16)14(7-17)20-9-18-8-19-20/h2-3,8-10,13,21H,4-6H2,1H3/b14-11+. The van der Waals surface area contributed by atoms with Gasteiger partial charge in [0.05, 0.1) is 4.08 Å². The summed E-state index contributed by atoms with van der Waals surface area (Å²) in [5, 5.41) is 13.6. The van der Waals surface area contributed by atoms with Crippen LogP contribution in [0.2, 0.25) is 0 Å². The van der Waals surface area contributed by atoms with Crippen molar-refractivity contribution in [3.8, 4) is 6.07 Å². The predicted octanol–water partition coefficient (Wildman–Crippen LogP) is 3.65. The van der Waals surface area contributed by atoms with E-state index in [9.17, 15) is 5.26 Å². The van der Waals surface area contributed by atoms with Gasteiger partial charge in [-0.05, 0) is 54.1 Å².